The second-order valence-corrected chi connectivity index (χ2v) is 13.8. The highest BCUT2D eigenvalue weighted by atomic mass is 35.5. The number of carbonyl (C=O) groups is 1. The fraction of sp³-hybridized carbons (Fsp3) is 0.438. The van der Waals surface area contributed by atoms with Gasteiger partial charge in [-0.3, -0.25) is 10.2 Å². The van der Waals surface area contributed by atoms with Crippen molar-refractivity contribution in [1.29, 1.82) is 5.26 Å². The average Bonchev–Trinajstić information content (AvgIpc) is 3.70. The van der Waals surface area contributed by atoms with Crippen molar-refractivity contribution in [2.45, 2.75) is 56.8 Å². The number of nitriles is 1. The van der Waals surface area contributed by atoms with Gasteiger partial charge in [-0.2, -0.15) is 15.2 Å². The van der Waals surface area contributed by atoms with Gasteiger partial charge in [-0.15, -0.1) is 11.3 Å². The Bertz CT molecular complexity index is 2050. The van der Waals surface area contributed by atoms with Gasteiger partial charge in [0.25, 0.3) is 6.43 Å². The van der Waals surface area contributed by atoms with Crippen LogP contribution in [0, 0.1) is 23.0 Å². The standard InChI is InChI=1S/C32H28ClF5N6O4S/c1-14-5-8-47-26-22-25(24(38)21(23(26)33)16-3-4-18(35)27-20(16)17(10-39)29(49-27)42-31(45)46)40-30(41-28(22)44(14)12-19(36)37)48-13-32-6-2-7-43(32)11-15(34)9-32/h3-4,14-15,19,42H,2,5-9,11-13H2,1H3,(H,45,46)/t14-,15-,32+/m1/s1. The number of nitrogens with one attached hydrogen (secondary N) is 1. The SMILES string of the molecule is C[C@@H]1CCOc2c(Cl)c(-c3ccc(F)c4sc(NC(=O)O)c(C#N)c34)c(F)c3nc(OC[C@@]45CCCN4C[C@H](F)C5)nc(c23)N1CC(F)F. The summed E-state index contributed by atoms with van der Waals surface area (Å²) < 4.78 is 86.8. The Morgan fingerprint density at radius 3 is 2.86 bits per heavy atom. The molecule has 7 rings (SSSR count). The number of alkyl halides is 3. The maximum absolute atomic E-state index is 17.1. The molecule has 3 aliphatic heterocycles. The van der Waals surface area contributed by atoms with Gasteiger partial charge < -0.3 is 19.5 Å². The van der Waals surface area contributed by atoms with Crippen molar-refractivity contribution in [1.82, 2.24) is 14.9 Å². The Balaban J connectivity index is 1.48. The van der Waals surface area contributed by atoms with Crippen molar-refractivity contribution in [2.24, 2.45) is 0 Å². The minimum absolute atomic E-state index is 0.00531. The van der Waals surface area contributed by atoms with Gasteiger partial charge in [0, 0.05) is 36.4 Å². The van der Waals surface area contributed by atoms with Crippen LogP contribution < -0.4 is 19.7 Å². The highest BCUT2D eigenvalue weighted by molar-refractivity contribution is 7.23. The van der Waals surface area contributed by atoms with E-state index in [0.717, 1.165) is 12.5 Å². The number of hydrogen-bond donors (Lipinski definition) is 2. The number of carboxylic acid groups (broad SMARTS) is 1. The van der Waals surface area contributed by atoms with Gasteiger partial charge in [0.15, 0.2) is 11.6 Å². The van der Waals surface area contributed by atoms with E-state index in [4.69, 9.17) is 21.1 Å². The van der Waals surface area contributed by atoms with E-state index >= 15 is 8.78 Å². The summed E-state index contributed by atoms with van der Waals surface area (Å²) in [6.45, 7) is 1.86. The van der Waals surface area contributed by atoms with Crippen molar-refractivity contribution in [3.8, 4) is 29.0 Å². The molecule has 0 bridgehead atoms. The summed E-state index contributed by atoms with van der Waals surface area (Å²) in [4.78, 5) is 23.7. The van der Waals surface area contributed by atoms with Crippen molar-refractivity contribution >= 4 is 60.8 Å². The van der Waals surface area contributed by atoms with Crippen LogP contribution in [0.4, 0.5) is 37.6 Å². The molecule has 2 aromatic carbocycles. The van der Waals surface area contributed by atoms with E-state index in [1.807, 2.05) is 11.0 Å². The molecule has 0 saturated carbocycles. The number of halogens is 6. The molecule has 0 spiro atoms. The van der Waals surface area contributed by atoms with Crippen LogP contribution in [0.3, 0.4) is 0 Å². The minimum atomic E-state index is -2.80. The molecular weight excluding hydrogens is 695 g/mol. The lowest BCUT2D eigenvalue weighted by Crippen LogP contribution is -2.43. The molecule has 17 heteroatoms. The number of benzene rings is 2. The zero-order valence-electron chi connectivity index (χ0n) is 25.8. The minimum Gasteiger partial charge on any atom is -0.491 e. The number of fused-ring (bicyclic) bond motifs is 2. The van der Waals surface area contributed by atoms with Crippen LogP contribution in [0.15, 0.2) is 12.1 Å². The van der Waals surface area contributed by atoms with Gasteiger partial charge in [0.2, 0.25) is 0 Å². The summed E-state index contributed by atoms with van der Waals surface area (Å²) in [5.74, 6) is -2.07. The smallest absolute Gasteiger partial charge is 0.409 e. The molecule has 4 aromatic rings. The van der Waals surface area contributed by atoms with Gasteiger partial charge in [-0.1, -0.05) is 17.7 Å². The molecule has 10 nitrogen and oxygen atoms in total. The molecule has 0 unspecified atom stereocenters. The number of rotatable bonds is 7. The summed E-state index contributed by atoms with van der Waals surface area (Å²) >= 11 is 7.55. The Labute approximate surface area is 285 Å². The second-order valence-electron chi connectivity index (χ2n) is 12.4. The molecule has 3 atom stereocenters. The van der Waals surface area contributed by atoms with Crippen molar-refractivity contribution in [3.63, 3.8) is 0 Å². The van der Waals surface area contributed by atoms with Crippen LogP contribution in [-0.4, -0.2) is 83.1 Å². The molecule has 2 saturated heterocycles. The maximum atomic E-state index is 17.1. The summed E-state index contributed by atoms with van der Waals surface area (Å²) in [6, 6.07) is 3.23. The summed E-state index contributed by atoms with van der Waals surface area (Å²) in [5, 5.41) is 20.7. The quantitative estimate of drug-likeness (QED) is 0.186. The lowest BCUT2D eigenvalue weighted by atomic mass is 9.95. The Hall–Kier alpha value is -4.20. The lowest BCUT2D eigenvalue weighted by Gasteiger charge is -2.34. The number of amides is 1. The molecule has 49 heavy (non-hydrogen) atoms. The van der Waals surface area contributed by atoms with Crippen LogP contribution in [0.25, 0.3) is 32.1 Å². The predicted octanol–water partition coefficient (Wildman–Crippen LogP) is 7.60. The number of hydrogen-bond acceptors (Lipinski definition) is 9. The summed E-state index contributed by atoms with van der Waals surface area (Å²) in [5.41, 5.74) is -1.68. The van der Waals surface area contributed by atoms with Crippen molar-refractivity contribution in [2.75, 3.05) is 43.1 Å². The van der Waals surface area contributed by atoms with E-state index in [9.17, 15) is 28.3 Å². The van der Waals surface area contributed by atoms with E-state index in [-0.39, 0.29) is 92.4 Å². The molecule has 0 radical (unpaired) electrons. The Morgan fingerprint density at radius 2 is 2.12 bits per heavy atom. The Morgan fingerprint density at radius 1 is 1.33 bits per heavy atom. The number of aromatic nitrogens is 2. The molecule has 2 aromatic heterocycles. The largest absolute Gasteiger partial charge is 0.491 e. The average molecular weight is 723 g/mol. The molecule has 0 aliphatic carbocycles. The number of anilines is 2. The van der Waals surface area contributed by atoms with E-state index in [0.29, 0.717) is 24.3 Å². The zero-order valence-corrected chi connectivity index (χ0v) is 27.4. The van der Waals surface area contributed by atoms with Crippen LogP contribution in [0.2, 0.25) is 5.02 Å². The third-order valence-corrected chi connectivity index (χ3v) is 11.0. The molecule has 5 heterocycles. The number of ether oxygens (including phenoxy) is 2. The first-order valence-electron chi connectivity index (χ1n) is 15.5. The monoisotopic (exact) mass is 722 g/mol. The lowest BCUT2D eigenvalue weighted by molar-refractivity contribution is 0.107. The van der Waals surface area contributed by atoms with E-state index in [1.54, 1.807) is 6.92 Å². The van der Waals surface area contributed by atoms with Crippen molar-refractivity contribution in [3.05, 3.63) is 34.4 Å². The normalized spacial score (nSPS) is 22.2. The van der Waals surface area contributed by atoms with Gasteiger partial charge >= 0.3 is 12.1 Å². The van der Waals surface area contributed by atoms with E-state index in [1.165, 1.54) is 11.0 Å². The number of thiophene rings is 1. The molecule has 1 amide bonds. The third kappa shape index (κ3) is 5.61. The first-order chi connectivity index (χ1) is 23.4. The van der Waals surface area contributed by atoms with Gasteiger partial charge in [0.1, 0.15) is 41.0 Å². The second kappa shape index (κ2) is 12.6. The summed E-state index contributed by atoms with van der Waals surface area (Å²) in [7, 11) is 0. The molecule has 3 aliphatic rings. The van der Waals surface area contributed by atoms with Gasteiger partial charge in [0.05, 0.1) is 39.4 Å². The number of nitrogens with zero attached hydrogens (tertiary/aromatic N) is 5. The molecule has 258 valence electrons. The highest BCUT2D eigenvalue weighted by Crippen LogP contribution is 2.51. The highest BCUT2D eigenvalue weighted by Gasteiger charge is 2.49. The van der Waals surface area contributed by atoms with Crippen LogP contribution in [0.5, 0.6) is 11.8 Å². The van der Waals surface area contributed by atoms with E-state index in [2.05, 4.69) is 15.3 Å². The Kier molecular flexibility index (Phi) is 8.56. The first-order valence-corrected chi connectivity index (χ1v) is 16.7. The maximum Gasteiger partial charge on any atom is 0.409 e. The summed E-state index contributed by atoms with van der Waals surface area (Å²) in [6.07, 6.45) is -3.36. The van der Waals surface area contributed by atoms with Crippen LogP contribution in [-0.2, 0) is 0 Å². The molecule has 2 N–H and O–H groups in total. The third-order valence-electron chi connectivity index (χ3n) is 9.49. The van der Waals surface area contributed by atoms with Gasteiger partial charge in [-0.25, -0.2) is 26.7 Å². The van der Waals surface area contributed by atoms with Crippen LogP contribution >= 0.6 is 22.9 Å². The predicted molar refractivity (Wildman–Crippen MR) is 173 cm³/mol. The van der Waals surface area contributed by atoms with Gasteiger partial charge in [-0.05, 0) is 37.9 Å². The fourth-order valence-electron chi connectivity index (χ4n) is 7.31. The first kappa shape index (κ1) is 33.3. The van der Waals surface area contributed by atoms with E-state index < -0.39 is 54.0 Å². The fourth-order valence-corrected chi connectivity index (χ4v) is 8.72. The zero-order chi connectivity index (χ0) is 34.8. The molecular formula is C32H28ClF5N6O4S. The van der Waals surface area contributed by atoms with Crippen molar-refractivity contribution < 1.29 is 41.3 Å². The topological polar surface area (TPSA) is 124 Å². The van der Waals surface area contributed by atoms with Crippen LogP contribution in [0.1, 0.15) is 38.2 Å². The molecule has 2 fully saturated rings.